The third-order valence-electron chi connectivity index (χ3n) is 3.85. The first kappa shape index (κ1) is 14.1. The first-order chi connectivity index (χ1) is 10.6. The molecule has 0 aliphatic heterocycles. The lowest BCUT2D eigenvalue weighted by Crippen LogP contribution is -2.27. The van der Waals surface area contributed by atoms with Crippen molar-refractivity contribution in [1.82, 2.24) is 5.32 Å². The van der Waals surface area contributed by atoms with Gasteiger partial charge in [-0.1, -0.05) is 24.3 Å². The average Bonchev–Trinajstić information content (AvgIpc) is 2.91. The molecule has 0 heterocycles. The number of aryl methyl sites for hydroxylation is 1. The molecule has 3 rings (SSSR count). The number of anilines is 1. The Labute approximate surface area is 128 Å². The summed E-state index contributed by atoms with van der Waals surface area (Å²) in [5.74, 6) is -0.118. The standard InChI is InChI=1S/C17H17N3O2/c18-17(22)19-13-8-5-12(6-9-13)16(21)20-15-10-7-11-3-1-2-4-14(11)15/h1-6,8-9,15H,7,10H2,(H,20,21)(H3,18,19,22). The topological polar surface area (TPSA) is 84.2 Å². The van der Waals surface area contributed by atoms with Crippen LogP contribution >= 0.6 is 0 Å². The van der Waals surface area contributed by atoms with Crippen molar-refractivity contribution in [2.45, 2.75) is 18.9 Å². The number of nitrogens with two attached hydrogens (primary N) is 1. The van der Waals surface area contributed by atoms with Gasteiger partial charge in [-0.2, -0.15) is 0 Å². The van der Waals surface area contributed by atoms with Gasteiger partial charge in [-0.05, 0) is 48.2 Å². The molecule has 0 aromatic heterocycles. The van der Waals surface area contributed by atoms with E-state index in [1.165, 1.54) is 11.1 Å². The van der Waals surface area contributed by atoms with Gasteiger partial charge in [0.2, 0.25) is 0 Å². The molecule has 0 saturated carbocycles. The normalized spacial score (nSPS) is 15.9. The summed E-state index contributed by atoms with van der Waals surface area (Å²) in [6.45, 7) is 0. The summed E-state index contributed by atoms with van der Waals surface area (Å²) in [6, 6.07) is 14.3. The van der Waals surface area contributed by atoms with E-state index in [9.17, 15) is 9.59 Å². The quantitative estimate of drug-likeness (QED) is 0.813. The zero-order valence-corrected chi connectivity index (χ0v) is 12.0. The van der Waals surface area contributed by atoms with Gasteiger partial charge in [-0.3, -0.25) is 4.79 Å². The Balaban J connectivity index is 1.69. The summed E-state index contributed by atoms with van der Waals surface area (Å²) in [6.07, 6.45) is 1.91. The van der Waals surface area contributed by atoms with Crippen LogP contribution in [0.1, 0.15) is 33.9 Å². The lowest BCUT2D eigenvalue weighted by Gasteiger charge is -2.14. The molecular weight excluding hydrogens is 278 g/mol. The molecule has 5 heteroatoms. The smallest absolute Gasteiger partial charge is 0.316 e. The monoisotopic (exact) mass is 295 g/mol. The van der Waals surface area contributed by atoms with Crippen LogP contribution in [0.4, 0.5) is 10.5 Å². The molecule has 0 bridgehead atoms. The zero-order chi connectivity index (χ0) is 15.5. The molecule has 1 unspecified atom stereocenters. The molecule has 22 heavy (non-hydrogen) atoms. The van der Waals surface area contributed by atoms with E-state index in [0.717, 1.165) is 12.8 Å². The first-order valence-corrected chi connectivity index (χ1v) is 7.18. The van der Waals surface area contributed by atoms with Gasteiger partial charge in [-0.25, -0.2) is 4.79 Å². The summed E-state index contributed by atoms with van der Waals surface area (Å²) in [4.78, 5) is 23.1. The predicted molar refractivity (Wildman–Crippen MR) is 84.6 cm³/mol. The van der Waals surface area contributed by atoms with Crippen molar-refractivity contribution in [3.8, 4) is 0 Å². The van der Waals surface area contributed by atoms with Crippen LogP contribution in [0.25, 0.3) is 0 Å². The first-order valence-electron chi connectivity index (χ1n) is 7.18. The highest BCUT2D eigenvalue weighted by atomic mass is 16.2. The van der Waals surface area contributed by atoms with Gasteiger partial charge in [0.25, 0.3) is 5.91 Å². The summed E-state index contributed by atoms with van der Waals surface area (Å²) < 4.78 is 0. The molecule has 4 N–H and O–H groups in total. The second-order valence-electron chi connectivity index (χ2n) is 5.33. The average molecular weight is 295 g/mol. The van der Waals surface area contributed by atoms with E-state index in [1.54, 1.807) is 24.3 Å². The van der Waals surface area contributed by atoms with E-state index in [2.05, 4.69) is 22.8 Å². The van der Waals surface area contributed by atoms with Crippen molar-refractivity contribution < 1.29 is 9.59 Å². The Bertz CT molecular complexity index is 710. The minimum absolute atomic E-state index is 0.0621. The van der Waals surface area contributed by atoms with Crippen LogP contribution < -0.4 is 16.4 Å². The Morgan fingerprint density at radius 2 is 1.77 bits per heavy atom. The SMILES string of the molecule is NC(=O)Nc1ccc(C(=O)NC2CCc3ccccc32)cc1. The van der Waals surface area contributed by atoms with E-state index in [-0.39, 0.29) is 11.9 Å². The molecule has 3 amide bonds. The molecule has 0 saturated heterocycles. The maximum atomic E-state index is 12.3. The van der Waals surface area contributed by atoms with Gasteiger partial charge in [0, 0.05) is 11.3 Å². The minimum Gasteiger partial charge on any atom is -0.351 e. The summed E-state index contributed by atoms with van der Waals surface area (Å²) in [5.41, 5.74) is 8.66. The molecule has 0 fully saturated rings. The fourth-order valence-corrected chi connectivity index (χ4v) is 2.80. The number of hydrogen-bond acceptors (Lipinski definition) is 2. The highest BCUT2D eigenvalue weighted by molar-refractivity contribution is 5.95. The number of nitrogens with one attached hydrogen (secondary N) is 2. The molecular formula is C17H17N3O2. The van der Waals surface area contributed by atoms with Gasteiger partial charge >= 0.3 is 6.03 Å². The highest BCUT2D eigenvalue weighted by Gasteiger charge is 2.23. The number of rotatable bonds is 3. The van der Waals surface area contributed by atoms with E-state index in [0.29, 0.717) is 11.3 Å². The molecule has 112 valence electrons. The molecule has 0 radical (unpaired) electrons. The fraction of sp³-hybridized carbons (Fsp3) is 0.176. The number of carbonyl (C=O) groups excluding carboxylic acids is 2. The zero-order valence-electron chi connectivity index (χ0n) is 12.0. The van der Waals surface area contributed by atoms with Crippen LogP contribution in [-0.2, 0) is 6.42 Å². The van der Waals surface area contributed by atoms with E-state index < -0.39 is 6.03 Å². The van der Waals surface area contributed by atoms with Gasteiger partial charge in [0.15, 0.2) is 0 Å². The van der Waals surface area contributed by atoms with Crippen molar-refractivity contribution in [1.29, 1.82) is 0 Å². The van der Waals surface area contributed by atoms with Gasteiger partial charge in [0.05, 0.1) is 6.04 Å². The van der Waals surface area contributed by atoms with Gasteiger partial charge in [-0.15, -0.1) is 0 Å². The predicted octanol–water partition coefficient (Wildman–Crippen LogP) is 2.59. The van der Waals surface area contributed by atoms with Crippen molar-refractivity contribution in [2.24, 2.45) is 5.73 Å². The molecule has 2 aromatic rings. The number of primary amides is 1. The van der Waals surface area contributed by atoms with Crippen LogP contribution in [-0.4, -0.2) is 11.9 Å². The van der Waals surface area contributed by atoms with E-state index in [1.807, 2.05) is 12.1 Å². The van der Waals surface area contributed by atoms with Crippen molar-refractivity contribution in [3.05, 3.63) is 65.2 Å². The van der Waals surface area contributed by atoms with Crippen molar-refractivity contribution in [3.63, 3.8) is 0 Å². The van der Waals surface area contributed by atoms with Gasteiger partial charge < -0.3 is 16.4 Å². The maximum absolute atomic E-state index is 12.3. The molecule has 1 aliphatic rings. The second kappa shape index (κ2) is 5.89. The molecule has 1 atom stereocenters. The minimum atomic E-state index is -0.625. The van der Waals surface area contributed by atoms with Crippen LogP contribution in [0.5, 0.6) is 0 Å². The summed E-state index contributed by atoms with van der Waals surface area (Å²) in [7, 11) is 0. The van der Waals surface area contributed by atoms with E-state index in [4.69, 9.17) is 5.73 Å². The molecule has 5 nitrogen and oxygen atoms in total. The highest BCUT2D eigenvalue weighted by Crippen LogP contribution is 2.30. The van der Waals surface area contributed by atoms with Crippen LogP contribution in [0.3, 0.4) is 0 Å². The maximum Gasteiger partial charge on any atom is 0.316 e. The number of amides is 3. The number of hydrogen-bond donors (Lipinski definition) is 3. The number of carbonyl (C=O) groups is 2. The Morgan fingerprint density at radius 1 is 1.05 bits per heavy atom. The second-order valence-corrected chi connectivity index (χ2v) is 5.33. The molecule has 1 aliphatic carbocycles. The van der Waals surface area contributed by atoms with E-state index >= 15 is 0 Å². The Kier molecular flexibility index (Phi) is 3.78. The number of fused-ring (bicyclic) bond motifs is 1. The van der Waals surface area contributed by atoms with Crippen molar-refractivity contribution >= 4 is 17.6 Å². The van der Waals surface area contributed by atoms with Crippen LogP contribution in [0.2, 0.25) is 0 Å². The number of urea groups is 1. The Hall–Kier alpha value is -2.82. The number of benzene rings is 2. The van der Waals surface area contributed by atoms with Gasteiger partial charge in [0.1, 0.15) is 0 Å². The fourth-order valence-electron chi connectivity index (χ4n) is 2.80. The molecule has 0 spiro atoms. The van der Waals surface area contributed by atoms with Crippen LogP contribution in [0.15, 0.2) is 48.5 Å². The molecule has 2 aromatic carbocycles. The summed E-state index contributed by atoms with van der Waals surface area (Å²) in [5, 5.41) is 5.52. The third kappa shape index (κ3) is 2.93. The Morgan fingerprint density at radius 3 is 2.50 bits per heavy atom. The lowest BCUT2D eigenvalue weighted by molar-refractivity contribution is 0.0936. The largest absolute Gasteiger partial charge is 0.351 e. The third-order valence-corrected chi connectivity index (χ3v) is 3.85. The van der Waals surface area contributed by atoms with Crippen LogP contribution in [0, 0.1) is 0 Å². The lowest BCUT2D eigenvalue weighted by atomic mass is 10.1. The van der Waals surface area contributed by atoms with Crippen molar-refractivity contribution in [2.75, 3.05) is 5.32 Å². The summed E-state index contributed by atoms with van der Waals surface area (Å²) >= 11 is 0.